The Hall–Kier alpha value is -1.05. The Morgan fingerprint density at radius 3 is 2.89 bits per heavy atom. The second-order valence-electron chi connectivity index (χ2n) is 5.32. The van der Waals surface area contributed by atoms with E-state index in [1.54, 1.807) is 0 Å². The van der Waals surface area contributed by atoms with Crippen molar-refractivity contribution in [3.05, 3.63) is 0 Å². The Morgan fingerprint density at radius 2 is 2.22 bits per heavy atom. The van der Waals surface area contributed by atoms with Crippen molar-refractivity contribution in [3.8, 4) is 12.3 Å². The van der Waals surface area contributed by atoms with Crippen molar-refractivity contribution < 1.29 is 9.90 Å². The zero-order valence-electron chi connectivity index (χ0n) is 10.8. The molecule has 0 radical (unpaired) electrons. The fourth-order valence-corrected chi connectivity index (χ4v) is 3.34. The van der Waals surface area contributed by atoms with Crippen LogP contribution in [0.5, 0.6) is 0 Å². The quantitative estimate of drug-likeness (QED) is 0.708. The largest absolute Gasteiger partial charge is 0.393 e. The highest BCUT2D eigenvalue weighted by Crippen LogP contribution is 2.35. The second kappa shape index (κ2) is 6.21. The van der Waals surface area contributed by atoms with Crippen molar-refractivity contribution in [2.24, 2.45) is 5.92 Å². The zero-order valence-corrected chi connectivity index (χ0v) is 10.8. The van der Waals surface area contributed by atoms with Crippen LogP contribution in [0, 0.1) is 18.3 Å². The molecule has 3 unspecified atom stereocenters. The van der Waals surface area contributed by atoms with Gasteiger partial charge in [0.1, 0.15) is 0 Å². The molecule has 1 heterocycles. The number of nitrogens with zero attached hydrogens (tertiary/aromatic N) is 1. The minimum atomic E-state index is -0.177. The van der Waals surface area contributed by atoms with E-state index >= 15 is 0 Å². The third kappa shape index (κ3) is 3.04. The van der Waals surface area contributed by atoms with Gasteiger partial charge in [-0.15, -0.1) is 6.42 Å². The van der Waals surface area contributed by atoms with Gasteiger partial charge in [0.25, 0.3) is 0 Å². The van der Waals surface area contributed by atoms with E-state index in [4.69, 9.17) is 6.42 Å². The van der Waals surface area contributed by atoms with Crippen LogP contribution in [0.3, 0.4) is 0 Å². The highest BCUT2D eigenvalue weighted by Gasteiger charge is 2.38. The number of likely N-dealkylation sites (tertiary alicyclic amines) is 1. The van der Waals surface area contributed by atoms with Crippen LogP contribution in [0.2, 0.25) is 0 Å². The summed E-state index contributed by atoms with van der Waals surface area (Å²) in [5.41, 5.74) is 0. The number of aliphatic hydroxyl groups excluding tert-OH is 1. The van der Waals surface area contributed by atoms with E-state index in [1.165, 1.54) is 0 Å². The van der Waals surface area contributed by atoms with Crippen LogP contribution in [0.4, 0.5) is 0 Å². The van der Waals surface area contributed by atoms with Gasteiger partial charge in [0.05, 0.1) is 19.2 Å². The van der Waals surface area contributed by atoms with Crippen LogP contribution in [-0.2, 0) is 4.79 Å². The normalized spacial score (nSPS) is 32.3. The maximum absolute atomic E-state index is 11.7. The van der Waals surface area contributed by atoms with Crippen LogP contribution < -0.4 is 5.32 Å². The van der Waals surface area contributed by atoms with Crippen molar-refractivity contribution in [1.29, 1.82) is 0 Å². The van der Waals surface area contributed by atoms with Gasteiger partial charge < -0.3 is 10.4 Å². The summed E-state index contributed by atoms with van der Waals surface area (Å²) < 4.78 is 0. The maximum Gasteiger partial charge on any atom is 0.234 e. The Bertz CT molecular complexity index is 337. The molecule has 2 aliphatic rings. The number of hydrogen-bond donors (Lipinski definition) is 2. The fraction of sp³-hybridized carbons (Fsp3) is 0.786. The lowest BCUT2D eigenvalue weighted by atomic mass is 9.94. The van der Waals surface area contributed by atoms with Gasteiger partial charge in [-0.1, -0.05) is 12.3 Å². The standard InChI is InChI=1S/C14H22N2O2/c1-2-8-15-14(18)10-16-9-4-6-12(16)11-5-3-7-13(11)17/h1,11-13,17H,3-10H2,(H,15,18). The predicted octanol–water partition coefficient (Wildman–Crippen LogP) is 0.361. The Balaban J connectivity index is 1.87. The zero-order chi connectivity index (χ0) is 13.0. The molecule has 100 valence electrons. The summed E-state index contributed by atoms with van der Waals surface area (Å²) in [6.07, 6.45) is 10.3. The number of rotatable bonds is 4. The number of carbonyl (C=O) groups is 1. The molecule has 18 heavy (non-hydrogen) atoms. The molecule has 3 atom stereocenters. The summed E-state index contributed by atoms with van der Waals surface area (Å²) in [5.74, 6) is 2.75. The van der Waals surface area contributed by atoms with E-state index in [0.717, 1.165) is 38.6 Å². The number of hydrogen-bond acceptors (Lipinski definition) is 3. The van der Waals surface area contributed by atoms with Crippen LogP contribution in [0.25, 0.3) is 0 Å². The lowest BCUT2D eigenvalue weighted by Crippen LogP contribution is -2.44. The van der Waals surface area contributed by atoms with E-state index in [2.05, 4.69) is 16.1 Å². The minimum absolute atomic E-state index is 0.00710. The first-order chi connectivity index (χ1) is 8.72. The van der Waals surface area contributed by atoms with Gasteiger partial charge in [0.15, 0.2) is 0 Å². The lowest BCUT2D eigenvalue weighted by molar-refractivity contribution is -0.122. The molecule has 1 saturated carbocycles. The molecule has 0 bridgehead atoms. The van der Waals surface area contributed by atoms with Crippen molar-refractivity contribution in [2.75, 3.05) is 19.6 Å². The fourth-order valence-electron chi connectivity index (χ4n) is 3.34. The molecule has 1 aliphatic carbocycles. The first-order valence-corrected chi connectivity index (χ1v) is 6.84. The highest BCUT2D eigenvalue weighted by molar-refractivity contribution is 5.78. The van der Waals surface area contributed by atoms with E-state index in [1.807, 2.05) is 0 Å². The van der Waals surface area contributed by atoms with E-state index in [-0.39, 0.29) is 12.0 Å². The number of nitrogens with one attached hydrogen (secondary N) is 1. The lowest BCUT2D eigenvalue weighted by Gasteiger charge is -2.30. The molecule has 1 amide bonds. The molecular formula is C14H22N2O2. The topological polar surface area (TPSA) is 52.6 Å². The molecule has 4 nitrogen and oxygen atoms in total. The number of carbonyl (C=O) groups excluding carboxylic acids is 1. The number of terminal acetylenes is 1. The Morgan fingerprint density at radius 1 is 1.39 bits per heavy atom. The first-order valence-electron chi connectivity index (χ1n) is 6.84. The third-order valence-corrected chi connectivity index (χ3v) is 4.17. The summed E-state index contributed by atoms with van der Waals surface area (Å²) in [4.78, 5) is 13.9. The molecule has 0 aromatic rings. The second-order valence-corrected chi connectivity index (χ2v) is 5.32. The summed E-state index contributed by atoms with van der Waals surface area (Å²) in [7, 11) is 0. The SMILES string of the molecule is C#CCNC(=O)CN1CCCC1C1CCCC1O. The van der Waals surface area contributed by atoms with Gasteiger partial charge in [-0.3, -0.25) is 9.69 Å². The molecule has 2 rings (SSSR count). The monoisotopic (exact) mass is 250 g/mol. The van der Waals surface area contributed by atoms with Crippen LogP contribution in [0.1, 0.15) is 32.1 Å². The molecule has 0 aromatic carbocycles. The summed E-state index contributed by atoms with van der Waals surface area (Å²) in [6, 6.07) is 0.374. The van der Waals surface area contributed by atoms with Gasteiger partial charge in [-0.2, -0.15) is 0 Å². The van der Waals surface area contributed by atoms with Gasteiger partial charge in [0.2, 0.25) is 5.91 Å². The summed E-state index contributed by atoms with van der Waals surface area (Å²) >= 11 is 0. The van der Waals surface area contributed by atoms with Gasteiger partial charge in [-0.05, 0) is 32.2 Å². The molecule has 1 saturated heterocycles. The molecule has 2 N–H and O–H groups in total. The molecule has 0 aromatic heterocycles. The first kappa shape index (κ1) is 13.4. The smallest absolute Gasteiger partial charge is 0.234 e. The van der Waals surface area contributed by atoms with Crippen molar-refractivity contribution in [3.63, 3.8) is 0 Å². The van der Waals surface area contributed by atoms with Crippen molar-refractivity contribution in [1.82, 2.24) is 10.2 Å². The predicted molar refractivity (Wildman–Crippen MR) is 69.8 cm³/mol. The molecule has 0 spiro atoms. The van der Waals surface area contributed by atoms with Gasteiger partial charge in [0, 0.05) is 12.0 Å². The van der Waals surface area contributed by atoms with Gasteiger partial charge in [-0.25, -0.2) is 0 Å². The average Bonchev–Trinajstić information content (AvgIpc) is 2.95. The highest BCUT2D eigenvalue weighted by atomic mass is 16.3. The van der Waals surface area contributed by atoms with Crippen LogP contribution >= 0.6 is 0 Å². The molecule has 2 fully saturated rings. The average molecular weight is 250 g/mol. The van der Waals surface area contributed by atoms with Gasteiger partial charge >= 0.3 is 0 Å². The molecule has 1 aliphatic heterocycles. The Kier molecular flexibility index (Phi) is 4.62. The summed E-state index contributed by atoms with van der Waals surface area (Å²) in [6.45, 7) is 1.66. The van der Waals surface area contributed by atoms with Crippen molar-refractivity contribution in [2.45, 2.75) is 44.2 Å². The van der Waals surface area contributed by atoms with Crippen LogP contribution in [0.15, 0.2) is 0 Å². The van der Waals surface area contributed by atoms with Crippen LogP contribution in [-0.4, -0.2) is 47.7 Å². The molecule has 4 heteroatoms. The minimum Gasteiger partial charge on any atom is -0.393 e. The van der Waals surface area contributed by atoms with Crippen molar-refractivity contribution >= 4 is 5.91 Å². The van der Waals surface area contributed by atoms with E-state index in [9.17, 15) is 9.90 Å². The number of aliphatic hydroxyl groups is 1. The number of amides is 1. The van der Waals surface area contributed by atoms with E-state index < -0.39 is 0 Å². The third-order valence-electron chi connectivity index (χ3n) is 4.17. The Labute approximate surface area is 109 Å². The maximum atomic E-state index is 11.7. The summed E-state index contributed by atoms with van der Waals surface area (Å²) in [5, 5.41) is 12.7. The van der Waals surface area contributed by atoms with E-state index in [0.29, 0.717) is 25.0 Å². The molecular weight excluding hydrogens is 228 g/mol.